The second-order valence-corrected chi connectivity index (χ2v) is 9.67. The molecule has 0 aliphatic heterocycles. The molecule has 1 aromatic heterocycles. The van der Waals surface area contributed by atoms with Gasteiger partial charge in [-0.05, 0) is 60.2 Å². The van der Waals surface area contributed by atoms with Gasteiger partial charge in [0.15, 0.2) is 11.5 Å². The highest BCUT2D eigenvalue weighted by molar-refractivity contribution is 7.09. The maximum absolute atomic E-state index is 13.7. The maximum atomic E-state index is 13.7. The van der Waals surface area contributed by atoms with Crippen molar-refractivity contribution in [3.63, 3.8) is 0 Å². The smallest absolute Gasteiger partial charge is 0.254 e. The van der Waals surface area contributed by atoms with Crippen molar-refractivity contribution in [3.05, 3.63) is 76.0 Å². The van der Waals surface area contributed by atoms with Gasteiger partial charge in [-0.2, -0.15) is 0 Å². The molecule has 38 heavy (non-hydrogen) atoms. The van der Waals surface area contributed by atoms with Gasteiger partial charge in [0, 0.05) is 37.2 Å². The zero-order valence-corrected chi connectivity index (χ0v) is 23.3. The Morgan fingerprint density at radius 1 is 0.842 bits per heavy atom. The van der Waals surface area contributed by atoms with Crippen LogP contribution in [0.1, 0.15) is 27.2 Å². The van der Waals surface area contributed by atoms with Crippen molar-refractivity contribution in [2.75, 3.05) is 54.7 Å². The summed E-state index contributed by atoms with van der Waals surface area (Å²) in [5.41, 5.74) is 1.50. The molecular weight excluding hydrogens is 504 g/mol. The van der Waals surface area contributed by atoms with Crippen LogP contribution in [0.15, 0.2) is 60.0 Å². The van der Waals surface area contributed by atoms with Gasteiger partial charge in [0.05, 0.1) is 27.9 Å². The quantitative estimate of drug-likeness (QED) is 0.264. The standard InChI is InChI=1S/C29H36N2O6S/c1-34-16-7-14-31(29(33)23-8-5-9-24(19-23)35-2)21-28(32)30(20-25-10-6-17-38-25)15-13-22-11-12-26(36-3)27(18-22)37-4/h5-6,8-12,17-19H,7,13-16,20-21H2,1-4H3. The lowest BCUT2D eigenvalue weighted by molar-refractivity contribution is -0.132. The van der Waals surface area contributed by atoms with Crippen LogP contribution in [0.4, 0.5) is 0 Å². The first-order valence-corrected chi connectivity index (χ1v) is 13.3. The summed E-state index contributed by atoms with van der Waals surface area (Å²) in [4.78, 5) is 31.6. The molecule has 2 amide bonds. The Balaban J connectivity index is 1.78. The number of rotatable bonds is 15. The minimum absolute atomic E-state index is 0.0307. The molecule has 0 radical (unpaired) electrons. The van der Waals surface area contributed by atoms with Gasteiger partial charge in [0.1, 0.15) is 12.3 Å². The Labute approximate surface area is 228 Å². The number of hydrogen-bond acceptors (Lipinski definition) is 7. The largest absolute Gasteiger partial charge is 0.497 e. The number of carbonyl (C=O) groups excluding carboxylic acids is 2. The molecule has 8 nitrogen and oxygen atoms in total. The number of thiophene rings is 1. The van der Waals surface area contributed by atoms with Gasteiger partial charge in [0.25, 0.3) is 5.91 Å². The Bertz CT molecular complexity index is 1170. The zero-order valence-electron chi connectivity index (χ0n) is 22.5. The summed E-state index contributed by atoms with van der Waals surface area (Å²) in [6, 6.07) is 16.7. The van der Waals surface area contributed by atoms with E-state index < -0.39 is 0 Å². The van der Waals surface area contributed by atoms with E-state index in [2.05, 4.69) is 0 Å². The Kier molecular flexibility index (Phi) is 11.4. The number of hydrogen-bond donors (Lipinski definition) is 0. The first-order valence-electron chi connectivity index (χ1n) is 12.4. The van der Waals surface area contributed by atoms with Crippen LogP contribution in [0.5, 0.6) is 17.2 Å². The van der Waals surface area contributed by atoms with Gasteiger partial charge >= 0.3 is 0 Å². The van der Waals surface area contributed by atoms with E-state index in [0.29, 0.717) is 61.9 Å². The molecule has 204 valence electrons. The van der Waals surface area contributed by atoms with Gasteiger partial charge < -0.3 is 28.7 Å². The van der Waals surface area contributed by atoms with Crippen molar-refractivity contribution in [3.8, 4) is 17.2 Å². The molecule has 0 spiro atoms. The number of carbonyl (C=O) groups is 2. The second kappa shape index (κ2) is 15.0. The molecule has 0 saturated heterocycles. The van der Waals surface area contributed by atoms with Crippen LogP contribution in [0, 0.1) is 0 Å². The zero-order chi connectivity index (χ0) is 27.3. The van der Waals surface area contributed by atoms with E-state index in [4.69, 9.17) is 18.9 Å². The molecule has 0 saturated carbocycles. The molecule has 3 aromatic rings. The fourth-order valence-electron chi connectivity index (χ4n) is 4.04. The number of amides is 2. The van der Waals surface area contributed by atoms with E-state index in [0.717, 1.165) is 10.4 Å². The summed E-state index contributed by atoms with van der Waals surface area (Å²) in [5, 5.41) is 2.00. The molecule has 1 heterocycles. The van der Waals surface area contributed by atoms with Crippen LogP contribution in [0.3, 0.4) is 0 Å². The van der Waals surface area contributed by atoms with E-state index in [1.54, 1.807) is 68.9 Å². The third-order valence-corrected chi connectivity index (χ3v) is 6.97. The Morgan fingerprint density at radius 3 is 2.34 bits per heavy atom. The van der Waals surface area contributed by atoms with E-state index in [1.807, 2.05) is 40.6 Å². The summed E-state index contributed by atoms with van der Waals surface area (Å²) in [6.45, 7) is 1.83. The second-order valence-electron chi connectivity index (χ2n) is 8.64. The predicted octanol–water partition coefficient (Wildman–Crippen LogP) is 4.52. The third kappa shape index (κ3) is 8.22. The van der Waals surface area contributed by atoms with Crippen LogP contribution in [0.2, 0.25) is 0 Å². The van der Waals surface area contributed by atoms with Gasteiger partial charge in [-0.1, -0.05) is 18.2 Å². The number of nitrogens with zero attached hydrogens (tertiary/aromatic N) is 2. The van der Waals surface area contributed by atoms with E-state index in [1.165, 1.54) is 0 Å². The molecule has 0 fully saturated rings. The topological polar surface area (TPSA) is 77.5 Å². The lowest BCUT2D eigenvalue weighted by atomic mass is 10.1. The van der Waals surface area contributed by atoms with Crippen molar-refractivity contribution in [1.29, 1.82) is 0 Å². The predicted molar refractivity (Wildman–Crippen MR) is 148 cm³/mol. The lowest BCUT2D eigenvalue weighted by Gasteiger charge is -2.28. The number of ether oxygens (including phenoxy) is 4. The fraction of sp³-hybridized carbons (Fsp3) is 0.379. The van der Waals surface area contributed by atoms with Crippen LogP contribution in [-0.2, 0) is 22.5 Å². The molecule has 9 heteroatoms. The summed E-state index contributed by atoms with van der Waals surface area (Å²) in [7, 11) is 6.39. The highest BCUT2D eigenvalue weighted by atomic mass is 32.1. The molecule has 3 rings (SSSR count). The van der Waals surface area contributed by atoms with Crippen LogP contribution < -0.4 is 14.2 Å². The van der Waals surface area contributed by atoms with Crippen molar-refractivity contribution in [2.45, 2.75) is 19.4 Å². The van der Waals surface area contributed by atoms with E-state index >= 15 is 0 Å². The van der Waals surface area contributed by atoms with Gasteiger partial charge in [-0.3, -0.25) is 9.59 Å². The SMILES string of the molecule is COCCCN(CC(=O)N(CCc1ccc(OC)c(OC)c1)Cc1cccs1)C(=O)c1cccc(OC)c1. The van der Waals surface area contributed by atoms with Crippen molar-refractivity contribution in [1.82, 2.24) is 9.80 Å². The summed E-state index contributed by atoms with van der Waals surface area (Å²) in [6.07, 6.45) is 1.25. The van der Waals surface area contributed by atoms with E-state index in [-0.39, 0.29) is 18.4 Å². The highest BCUT2D eigenvalue weighted by Crippen LogP contribution is 2.28. The molecule has 0 bridgehead atoms. The summed E-state index contributed by atoms with van der Waals surface area (Å²) >= 11 is 1.60. The molecular formula is C29H36N2O6S. The minimum atomic E-state index is -0.218. The fourth-order valence-corrected chi connectivity index (χ4v) is 4.76. The monoisotopic (exact) mass is 540 g/mol. The molecule has 2 aromatic carbocycles. The van der Waals surface area contributed by atoms with Crippen molar-refractivity contribution >= 4 is 23.2 Å². The van der Waals surface area contributed by atoms with Crippen LogP contribution in [0.25, 0.3) is 0 Å². The molecule has 0 N–H and O–H groups in total. The van der Waals surface area contributed by atoms with Gasteiger partial charge in [0.2, 0.25) is 5.91 Å². The van der Waals surface area contributed by atoms with Crippen LogP contribution >= 0.6 is 11.3 Å². The van der Waals surface area contributed by atoms with Crippen molar-refractivity contribution < 1.29 is 28.5 Å². The Morgan fingerprint density at radius 2 is 1.66 bits per heavy atom. The first-order chi connectivity index (χ1) is 18.5. The number of methoxy groups -OCH3 is 4. The first kappa shape index (κ1) is 29.0. The number of benzene rings is 2. The minimum Gasteiger partial charge on any atom is -0.497 e. The molecule has 0 aliphatic carbocycles. The lowest BCUT2D eigenvalue weighted by Crippen LogP contribution is -2.44. The average Bonchev–Trinajstić information content (AvgIpc) is 3.47. The average molecular weight is 541 g/mol. The van der Waals surface area contributed by atoms with Gasteiger partial charge in [-0.15, -0.1) is 11.3 Å². The Hall–Kier alpha value is -3.56. The maximum Gasteiger partial charge on any atom is 0.254 e. The van der Waals surface area contributed by atoms with Crippen LogP contribution in [-0.4, -0.2) is 76.3 Å². The van der Waals surface area contributed by atoms with Gasteiger partial charge in [-0.25, -0.2) is 0 Å². The normalized spacial score (nSPS) is 10.6. The molecule has 0 unspecified atom stereocenters. The third-order valence-electron chi connectivity index (χ3n) is 6.10. The van der Waals surface area contributed by atoms with Crippen molar-refractivity contribution in [2.24, 2.45) is 0 Å². The van der Waals surface area contributed by atoms with E-state index in [9.17, 15) is 9.59 Å². The highest BCUT2D eigenvalue weighted by Gasteiger charge is 2.23. The molecule has 0 aliphatic rings. The summed E-state index contributed by atoms with van der Waals surface area (Å²) < 4.78 is 21.2. The summed E-state index contributed by atoms with van der Waals surface area (Å²) in [5.74, 6) is 1.56. The molecule has 0 atom stereocenters.